The van der Waals surface area contributed by atoms with Crippen LogP contribution in [0.25, 0.3) is 10.8 Å². The summed E-state index contributed by atoms with van der Waals surface area (Å²) in [7, 11) is 0. The van der Waals surface area contributed by atoms with Crippen molar-refractivity contribution in [2.45, 2.75) is 19.4 Å². The second-order valence-corrected chi connectivity index (χ2v) is 7.32. The van der Waals surface area contributed by atoms with Crippen LogP contribution in [-0.2, 0) is 4.79 Å². The number of nitrogens with one attached hydrogen (secondary N) is 1. The second kappa shape index (κ2) is 8.99. The first kappa shape index (κ1) is 22.0. The van der Waals surface area contributed by atoms with E-state index in [0.29, 0.717) is 11.1 Å². The van der Waals surface area contributed by atoms with Crippen LogP contribution in [-0.4, -0.2) is 35.7 Å². The van der Waals surface area contributed by atoms with Crippen molar-refractivity contribution in [1.82, 2.24) is 5.32 Å². The number of halogens is 2. The third-order valence-electron chi connectivity index (χ3n) is 4.56. The van der Waals surface area contributed by atoms with Crippen molar-refractivity contribution in [1.29, 1.82) is 0 Å². The lowest BCUT2D eigenvalue weighted by atomic mass is 10.0. The predicted octanol–water partition coefficient (Wildman–Crippen LogP) is 4.17. The van der Waals surface area contributed by atoms with E-state index in [4.69, 9.17) is 9.47 Å². The topological polar surface area (TPSA) is 84.9 Å². The maximum atomic E-state index is 14.6. The summed E-state index contributed by atoms with van der Waals surface area (Å²) in [5, 5.41) is 12.3. The fraction of sp³-hybridized carbons (Fsp3) is 0.217. The van der Waals surface area contributed by atoms with E-state index >= 15 is 0 Å². The molecule has 162 valence electrons. The molecular formula is C23H21F2NO5. The first-order valence-corrected chi connectivity index (χ1v) is 9.47. The Hall–Kier alpha value is -3.68. The van der Waals surface area contributed by atoms with E-state index in [0.717, 1.165) is 6.07 Å². The highest BCUT2D eigenvalue weighted by Crippen LogP contribution is 2.32. The van der Waals surface area contributed by atoms with Crippen LogP contribution in [0.15, 0.2) is 54.6 Å². The molecule has 31 heavy (non-hydrogen) atoms. The van der Waals surface area contributed by atoms with Crippen molar-refractivity contribution < 1.29 is 33.0 Å². The SMILES string of the molecule is CC(C)(NC(=O)c1cc(F)c2ccccc2c1OCCOc1ccc(F)cc1)C(=O)O. The van der Waals surface area contributed by atoms with Crippen molar-refractivity contribution in [3.05, 3.63) is 71.8 Å². The average molecular weight is 429 g/mol. The molecule has 0 bridgehead atoms. The first-order valence-electron chi connectivity index (χ1n) is 9.47. The van der Waals surface area contributed by atoms with E-state index in [1.807, 2.05) is 0 Å². The van der Waals surface area contributed by atoms with Crippen LogP contribution in [0.3, 0.4) is 0 Å². The minimum Gasteiger partial charge on any atom is -0.490 e. The molecule has 3 aromatic rings. The highest BCUT2D eigenvalue weighted by Gasteiger charge is 2.31. The summed E-state index contributed by atoms with van der Waals surface area (Å²) < 4.78 is 38.9. The van der Waals surface area contributed by atoms with Gasteiger partial charge in [-0.1, -0.05) is 24.3 Å². The van der Waals surface area contributed by atoms with E-state index in [2.05, 4.69) is 5.32 Å². The van der Waals surface area contributed by atoms with Gasteiger partial charge in [-0.3, -0.25) is 4.79 Å². The number of aliphatic carboxylic acids is 1. The Morgan fingerprint density at radius 1 is 0.968 bits per heavy atom. The number of hydrogen-bond acceptors (Lipinski definition) is 4. The fourth-order valence-electron chi connectivity index (χ4n) is 2.87. The Labute approximate surface area is 177 Å². The van der Waals surface area contributed by atoms with Gasteiger partial charge in [-0.05, 0) is 44.2 Å². The molecule has 0 aromatic heterocycles. The molecule has 0 spiro atoms. The summed E-state index contributed by atoms with van der Waals surface area (Å²) in [6.07, 6.45) is 0. The summed E-state index contributed by atoms with van der Waals surface area (Å²) >= 11 is 0. The Bertz CT molecular complexity index is 1110. The van der Waals surface area contributed by atoms with Crippen LogP contribution in [0.5, 0.6) is 11.5 Å². The van der Waals surface area contributed by atoms with Gasteiger partial charge in [-0.2, -0.15) is 0 Å². The number of rotatable bonds is 8. The second-order valence-electron chi connectivity index (χ2n) is 7.32. The molecule has 2 N–H and O–H groups in total. The molecule has 6 nitrogen and oxygen atoms in total. The third-order valence-corrected chi connectivity index (χ3v) is 4.56. The van der Waals surface area contributed by atoms with Crippen LogP contribution in [0, 0.1) is 11.6 Å². The van der Waals surface area contributed by atoms with E-state index < -0.39 is 23.2 Å². The molecule has 0 fully saturated rings. The first-order chi connectivity index (χ1) is 14.7. The zero-order valence-electron chi connectivity index (χ0n) is 16.9. The van der Waals surface area contributed by atoms with Crippen molar-refractivity contribution in [3.8, 4) is 11.5 Å². The zero-order chi connectivity index (χ0) is 22.6. The number of carbonyl (C=O) groups is 2. The number of carbonyl (C=O) groups excluding carboxylic acids is 1. The Balaban J connectivity index is 1.86. The maximum Gasteiger partial charge on any atom is 0.328 e. The number of benzene rings is 3. The van der Waals surface area contributed by atoms with Crippen molar-refractivity contribution in [2.24, 2.45) is 0 Å². The number of ether oxygens (including phenoxy) is 2. The standard InChI is InChI=1S/C23H21F2NO5/c1-23(2,22(28)29)26-21(27)18-13-19(25)16-5-3-4-6-17(16)20(18)31-12-11-30-15-9-7-14(24)8-10-15/h3-10,13H,11-12H2,1-2H3,(H,26,27)(H,28,29). The quantitative estimate of drug-likeness (QED) is 0.525. The van der Waals surface area contributed by atoms with Crippen LogP contribution in [0.1, 0.15) is 24.2 Å². The van der Waals surface area contributed by atoms with Gasteiger partial charge in [0.1, 0.15) is 41.9 Å². The molecule has 0 aliphatic rings. The minimum atomic E-state index is -1.57. The molecule has 0 aliphatic heterocycles. The van der Waals surface area contributed by atoms with Gasteiger partial charge in [-0.25, -0.2) is 13.6 Å². The molecule has 8 heteroatoms. The van der Waals surface area contributed by atoms with Gasteiger partial charge in [0.2, 0.25) is 0 Å². The normalized spacial score (nSPS) is 11.2. The Morgan fingerprint density at radius 2 is 1.58 bits per heavy atom. The van der Waals surface area contributed by atoms with E-state index in [-0.39, 0.29) is 35.7 Å². The van der Waals surface area contributed by atoms with Gasteiger partial charge in [0.15, 0.2) is 0 Å². The van der Waals surface area contributed by atoms with Gasteiger partial charge in [0.25, 0.3) is 5.91 Å². The predicted molar refractivity (Wildman–Crippen MR) is 110 cm³/mol. The molecule has 1 amide bonds. The molecule has 0 aliphatic carbocycles. The maximum absolute atomic E-state index is 14.6. The van der Waals surface area contributed by atoms with Crippen LogP contribution in [0.4, 0.5) is 8.78 Å². The van der Waals surface area contributed by atoms with Crippen molar-refractivity contribution in [2.75, 3.05) is 13.2 Å². The number of amides is 1. The van der Waals surface area contributed by atoms with E-state index in [1.54, 1.807) is 24.3 Å². The molecule has 0 atom stereocenters. The summed E-state index contributed by atoms with van der Waals surface area (Å²) in [6.45, 7) is 2.73. The molecule has 0 saturated carbocycles. The molecule has 0 radical (unpaired) electrons. The molecule has 3 rings (SSSR count). The monoisotopic (exact) mass is 429 g/mol. The number of carboxylic acids is 1. The summed E-state index contributed by atoms with van der Waals surface area (Å²) in [6, 6.07) is 13.0. The Kier molecular flexibility index (Phi) is 6.39. The van der Waals surface area contributed by atoms with Gasteiger partial charge >= 0.3 is 5.97 Å². The Morgan fingerprint density at radius 3 is 2.23 bits per heavy atom. The smallest absolute Gasteiger partial charge is 0.328 e. The van der Waals surface area contributed by atoms with E-state index in [1.165, 1.54) is 38.1 Å². The lowest BCUT2D eigenvalue weighted by molar-refractivity contribution is -0.143. The summed E-state index contributed by atoms with van der Waals surface area (Å²) in [5.41, 5.74) is -1.70. The third kappa shape index (κ3) is 5.09. The average Bonchev–Trinajstić information content (AvgIpc) is 2.73. The molecular weight excluding hydrogens is 408 g/mol. The highest BCUT2D eigenvalue weighted by molar-refractivity contribution is 6.05. The summed E-state index contributed by atoms with van der Waals surface area (Å²) in [5.74, 6) is -2.50. The molecule has 0 saturated heterocycles. The molecule has 3 aromatic carbocycles. The number of hydrogen-bond donors (Lipinski definition) is 2. The largest absolute Gasteiger partial charge is 0.490 e. The summed E-state index contributed by atoms with van der Waals surface area (Å²) in [4.78, 5) is 24.1. The lowest BCUT2D eigenvalue weighted by Gasteiger charge is -2.22. The van der Waals surface area contributed by atoms with Crippen LogP contribution < -0.4 is 14.8 Å². The van der Waals surface area contributed by atoms with E-state index in [9.17, 15) is 23.5 Å². The van der Waals surface area contributed by atoms with Crippen molar-refractivity contribution in [3.63, 3.8) is 0 Å². The number of fused-ring (bicyclic) bond motifs is 1. The molecule has 0 unspecified atom stereocenters. The van der Waals surface area contributed by atoms with Gasteiger partial charge in [-0.15, -0.1) is 0 Å². The van der Waals surface area contributed by atoms with Gasteiger partial charge < -0.3 is 19.9 Å². The van der Waals surface area contributed by atoms with Gasteiger partial charge in [0.05, 0.1) is 5.56 Å². The van der Waals surface area contributed by atoms with Crippen LogP contribution in [0.2, 0.25) is 0 Å². The van der Waals surface area contributed by atoms with Gasteiger partial charge in [0, 0.05) is 10.8 Å². The minimum absolute atomic E-state index is 0.00953. The van der Waals surface area contributed by atoms with Crippen molar-refractivity contribution >= 4 is 22.6 Å². The zero-order valence-corrected chi connectivity index (χ0v) is 16.9. The fourth-order valence-corrected chi connectivity index (χ4v) is 2.87. The van der Waals surface area contributed by atoms with Crippen LogP contribution >= 0.6 is 0 Å². The lowest BCUT2D eigenvalue weighted by Crippen LogP contribution is -2.49. The number of carboxylic acid groups (broad SMARTS) is 1. The molecule has 0 heterocycles. The highest BCUT2D eigenvalue weighted by atomic mass is 19.1.